The molecular weight excluding hydrogens is 312 g/mol. The van der Waals surface area contributed by atoms with Crippen LogP contribution in [0.2, 0.25) is 0 Å². The van der Waals surface area contributed by atoms with Crippen LogP contribution in [0.3, 0.4) is 0 Å². The van der Waals surface area contributed by atoms with E-state index in [9.17, 15) is 9.59 Å². The van der Waals surface area contributed by atoms with E-state index in [0.717, 1.165) is 10.8 Å². The van der Waals surface area contributed by atoms with Gasteiger partial charge in [-0.05, 0) is 18.2 Å². The molecule has 1 amide bonds. The molecule has 19 heavy (non-hydrogen) atoms. The molecule has 1 rings (SSSR count). The first-order chi connectivity index (χ1) is 9.08. The van der Waals surface area contributed by atoms with Crippen molar-refractivity contribution in [1.29, 1.82) is 0 Å². The van der Waals surface area contributed by atoms with Crippen molar-refractivity contribution < 1.29 is 14.3 Å². The maximum absolute atomic E-state index is 11.7. The number of hydrogen-bond acceptors (Lipinski definition) is 4. The van der Waals surface area contributed by atoms with Crippen molar-refractivity contribution >= 4 is 33.8 Å². The van der Waals surface area contributed by atoms with Gasteiger partial charge >= 0.3 is 0 Å². The monoisotopic (exact) mass is 328 g/mol. The van der Waals surface area contributed by atoms with Gasteiger partial charge in [0.1, 0.15) is 0 Å². The van der Waals surface area contributed by atoms with Crippen molar-refractivity contribution in [2.45, 2.75) is 0 Å². The van der Waals surface area contributed by atoms with Crippen LogP contribution in [0.4, 0.5) is 5.69 Å². The SMILES string of the molecule is COCCNC(=O)CN(C)c1cc(Br)ccc1C=O. The number of rotatable bonds is 7. The summed E-state index contributed by atoms with van der Waals surface area (Å²) in [5, 5.41) is 2.73. The Morgan fingerprint density at radius 3 is 2.89 bits per heavy atom. The number of ether oxygens (including phenoxy) is 1. The van der Waals surface area contributed by atoms with Crippen LogP contribution < -0.4 is 10.2 Å². The minimum Gasteiger partial charge on any atom is -0.383 e. The van der Waals surface area contributed by atoms with Gasteiger partial charge < -0.3 is 15.0 Å². The number of amides is 1. The number of aldehydes is 1. The van der Waals surface area contributed by atoms with Gasteiger partial charge in [0.15, 0.2) is 6.29 Å². The molecule has 104 valence electrons. The molecule has 0 unspecified atom stereocenters. The third kappa shape index (κ3) is 5.00. The highest BCUT2D eigenvalue weighted by atomic mass is 79.9. The van der Waals surface area contributed by atoms with Crippen LogP contribution in [0, 0.1) is 0 Å². The van der Waals surface area contributed by atoms with Crippen LogP contribution in [0.5, 0.6) is 0 Å². The third-order valence-corrected chi connectivity index (χ3v) is 3.03. The molecule has 0 heterocycles. The van der Waals surface area contributed by atoms with Gasteiger partial charge in [-0.3, -0.25) is 9.59 Å². The summed E-state index contributed by atoms with van der Waals surface area (Å²) in [5.74, 6) is -0.114. The fraction of sp³-hybridized carbons (Fsp3) is 0.385. The first-order valence-electron chi connectivity index (χ1n) is 5.80. The zero-order chi connectivity index (χ0) is 14.3. The Kier molecular flexibility index (Phi) is 6.52. The lowest BCUT2D eigenvalue weighted by Crippen LogP contribution is -2.37. The molecule has 0 aliphatic carbocycles. The van der Waals surface area contributed by atoms with Gasteiger partial charge in [-0.15, -0.1) is 0 Å². The van der Waals surface area contributed by atoms with E-state index in [0.29, 0.717) is 24.4 Å². The number of likely N-dealkylation sites (N-methyl/N-ethyl adjacent to an activating group) is 1. The molecule has 0 fully saturated rings. The lowest BCUT2D eigenvalue weighted by atomic mass is 10.2. The molecule has 0 saturated heterocycles. The third-order valence-electron chi connectivity index (χ3n) is 2.54. The smallest absolute Gasteiger partial charge is 0.239 e. The molecule has 0 bridgehead atoms. The van der Waals surface area contributed by atoms with E-state index in [-0.39, 0.29) is 12.5 Å². The molecule has 0 aromatic heterocycles. The van der Waals surface area contributed by atoms with Crippen LogP contribution in [0.15, 0.2) is 22.7 Å². The highest BCUT2D eigenvalue weighted by molar-refractivity contribution is 9.10. The van der Waals surface area contributed by atoms with Crippen molar-refractivity contribution in [3.8, 4) is 0 Å². The Morgan fingerprint density at radius 1 is 1.53 bits per heavy atom. The average molecular weight is 329 g/mol. The van der Waals surface area contributed by atoms with Crippen molar-refractivity contribution in [2.75, 3.05) is 38.8 Å². The van der Waals surface area contributed by atoms with E-state index < -0.39 is 0 Å². The highest BCUT2D eigenvalue weighted by Crippen LogP contribution is 2.22. The summed E-state index contributed by atoms with van der Waals surface area (Å²) < 4.78 is 5.71. The van der Waals surface area contributed by atoms with Gasteiger partial charge in [0.05, 0.1) is 13.2 Å². The molecule has 0 saturated carbocycles. The van der Waals surface area contributed by atoms with E-state index in [1.807, 2.05) is 6.07 Å². The number of carbonyl (C=O) groups excluding carboxylic acids is 2. The predicted molar refractivity (Wildman–Crippen MR) is 77.7 cm³/mol. The fourth-order valence-electron chi connectivity index (χ4n) is 1.60. The fourth-order valence-corrected chi connectivity index (χ4v) is 1.95. The summed E-state index contributed by atoms with van der Waals surface area (Å²) in [5.41, 5.74) is 1.27. The van der Waals surface area contributed by atoms with Crippen LogP contribution >= 0.6 is 15.9 Å². The maximum Gasteiger partial charge on any atom is 0.239 e. The summed E-state index contributed by atoms with van der Waals surface area (Å²) in [4.78, 5) is 24.4. The molecule has 0 radical (unpaired) electrons. The summed E-state index contributed by atoms with van der Waals surface area (Å²) in [7, 11) is 3.35. The minimum atomic E-state index is -0.114. The second-order valence-corrected chi connectivity index (χ2v) is 4.94. The van der Waals surface area contributed by atoms with Gasteiger partial charge in [0.2, 0.25) is 5.91 Å². The van der Waals surface area contributed by atoms with E-state index in [1.54, 1.807) is 31.2 Å². The van der Waals surface area contributed by atoms with Gasteiger partial charge in [0, 0.05) is 36.4 Å². The molecule has 0 atom stereocenters. The predicted octanol–water partition coefficient (Wildman–Crippen LogP) is 1.46. The van der Waals surface area contributed by atoms with Crippen molar-refractivity contribution in [2.24, 2.45) is 0 Å². The highest BCUT2D eigenvalue weighted by Gasteiger charge is 2.11. The second kappa shape index (κ2) is 7.91. The number of anilines is 1. The Labute approximate surface area is 121 Å². The molecule has 5 nitrogen and oxygen atoms in total. The first kappa shape index (κ1) is 15.7. The Morgan fingerprint density at radius 2 is 2.26 bits per heavy atom. The number of benzene rings is 1. The molecule has 0 aliphatic rings. The van der Waals surface area contributed by atoms with Gasteiger partial charge in [-0.2, -0.15) is 0 Å². The Bertz CT molecular complexity index is 452. The Hall–Kier alpha value is -1.40. The normalized spacial score (nSPS) is 10.1. The summed E-state index contributed by atoms with van der Waals surface area (Å²) in [6.45, 7) is 1.13. The number of hydrogen-bond donors (Lipinski definition) is 1. The molecule has 1 aromatic carbocycles. The number of nitrogens with one attached hydrogen (secondary N) is 1. The zero-order valence-corrected chi connectivity index (χ0v) is 12.6. The second-order valence-electron chi connectivity index (χ2n) is 4.02. The number of nitrogens with zero attached hydrogens (tertiary/aromatic N) is 1. The number of halogens is 1. The van der Waals surface area contributed by atoms with E-state index >= 15 is 0 Å². The quantitative estimate of drug-likeness (QED) is 0.608. The van der Waals surface area contributed by atoms with Gasteiger partial charge in [0.25, 0.3) is 0 Å². The largest absolute Gasteiger partial charge is 0.383 e. The number of carbonyl (C=O) groups is 2. The Balaban J connectivity index is 2.67. The van der Waals surface area contributed by atoms with Crippen molar-refractivity contribution in [3.05, 3.63) is 28.2 Å². The molecule has 1 aromatic rings. The maximum atomic E-state index is 11.7. The van der Waals surface area contributed by atoms with Crippen LogP contribution in [-0.2, 0) is 9.53 Å². The van der Waals surface area contributed by atoms with Crippen molar-refractivity contribution in [3.63, 3.8) is 0 Å². The van der Waals surface area contributed by atoms with Crippen LogP contribution in [0.25, 0.3) is 0 Å². The molecular formula is C13H17BrN2O3. The first-order valence-corrected chi connectivity index (χ1v) is 6.59. The summed E-state index contributed by atoms with van der Waals surface area (Å²) >= 11 is 3.35. The lowest BCUT2D eigenvalue weighted by molar-refractivity contribution is -0.119. The van der Waals surface area contributed by atoms with E-state index in [2.05, 4.69) is 21.2 Å². The van der Waals surface area contributed by atoms with Gasteiger partial charge in [-0.1, -0.05) is 15.9 Å². The molecule has 6 heteroatoms. The molecule has 0 aliphatic heterocycles. The van der Waals surface area contributed by atoms with Crippen molar-refractivity contribution in [1.82, 2.24) is 5.32 Å². The van der Waals surface area contributed by atoms with E-state index in [1.165, 1.54) is 0 Å². The average Bonchev–Trinajstić information content (AvgIpc) is 2.39. The minimum absolute atomic E-state index is 0.114. The molecule has 1 N–H and O–H groups in total. The van der Waals surface area contributed by atoms with E-state index in [4.69, 9.17) is 4.74 Å². The number of methoxy groups -OCH3 is 1. The topological polar surface area (TPSA) is 58.6 Å². The van der Waals surface area contributed by atoms with Crippen LogP contribution in [0.1, 0.15) is 10.4 Å². The van der Waals surface area contributed by atoms with Crippen LogP contribution in [-0.4, -0.2) is 46.0 Å². The zero-order valence-electron chi connectivity index (χ0n) is 11.0. The molecule has 0 spiro atoms. The summed E-state index contributed by atoms with van der Waals surface area (Å²) in [6, 6.07) is 5.32. The standard InChI is InChI=1S/C13H17BrN2O3/c1-16(8-13(18)15-5-6-19-2)12-7-11(14)4-3-10(12)9-17/h3-4,7,9H,5-6,8H2,1-2H3,(H,15,18). The lowest BCUT2D eigenvalue weighted by Gasteiger charge is -2.20. The van der Waals surface area contributed by atoms with Gasteiger partial charge in [-0.25, -0.2) is 0 Å². The summed E-state index contributed by atoms with van der Waals surface area (Å²) in [6.07, 6.45) is 0.779.